The number of anilines is 1. The van der Waals surface area contributed by atoms with E-state index in [4.69, 9.17) is 10.5 Å². The fourth-order valence-electron chi connectivity index (χ4n) is 2.38. The molecule has 0 radical (unpaired) electrons. The summed E-state index contributed by atoms with van der Waals surface area (Å²) < 4.78 is 5.11. The molecule has 3 N–H and O–H groups in total. The first-order valence-electron chi connectivity index (χ1n) is 7.33. The first-order valence-corrected chi connectivity index (χ1v) is 7.33. The molecule has 2 amide bonds. The number of carbonyl (C=O) groups excluding carboxylic acids is 2. The highest BCUT2D eigenvalue weighted by atomic mass is 16.5. The van der Waals surface area contributed by atoms with Crippen LogP contribution in [-0.4, -0.2) is 37.6 Å². The SMILES string of the molecule is COc1ccc(N2CC(C(=O)NC(C)(C)CN)CC2=O)cc1. The smallest absolute Gasteiger partial charge is 0.227 e. The standard InChI is InChI=1S/C16H23N3O3/c1-16(2,10-17)18-15(21)11-8-14(20)19(9-11)12-4-6-13(22-3)7-5-12/h4-7,11H,8-10,17H2,1-3H3,(H,18,21). The summed E-state index contributed by atoms with van der Waals surface area (Å²) in [5.74, 6) is 0.213. The van der Waals surface area contributed by atoms with Crippen LogP contribution in [0.1, 0.15) is 20.3 Å². The summed E-state index contributed by atoms with van der Waals surface area (Å²) in [5, 5.41) is 2.90. The summed E-state index contributed by atoms with van der Waals surface area (Å²) in [4.78, 5) is 26.1. The molecule has 2 rings (SSSR count). The van der Waals surface area contributed by atoms with Gasteiger partial charge in [0.1, 0.15) is 5.75 Å². The number of hydrogen-bond donors (Lipinski definition) is 2. The summed E-state index contributed by atoms with van der Waals surface area (Å²) in [7, 11) is 1.59. The van der Waals surface area contributed by atoms with Crippen LogP contribution in [0, 0.1) is 5.92 Å². The minimum Gasteiger partial charge on any atom is -0.497 e. The van der Waals surface area contributed by atoms with Crippen molar-refractivity contribution >= 4 is 17.5 Å². The lowest BCUT2D eigenvalue weighted by Crippen LogP contribution is -2.51. The summed E-state index contributed by atoms with van der Waals surface area (Å²) in [6.07, 6.45) is 0.221. The number of amides is 2. The van der Waals surface area contributed by atoms with Gasteiger partial charge in [0, 0.05) is 30.7 Å². The van der Waals surface area contributed by atoms with E-state index in [9.17, 15) is 9.59 Å². The molecule has 22 heavy (non-hydrogen) atoms. The number of hydrogen-bond acceptors (Lipinski definition) is 4. The van der Waals surface area contributed by atoms with Crippen LogP contribution in [0.2, 0.25) is 0 Å². The monoisotopic (exact) mass is 305 g/mol. The van der Waals surface area contributed by atoms with E-state index in [1.165, 1.54) is 0 Å². The van der Waals surface area contributed by atoms with Crippen molar-refractivity contribution in [3.63, 3.8) is 0 Å². The van der Waals surface area contributed by atoms with Crippen LogP contribution >= 0.6 is 0 Å². The van der Waals surface area contributed by atoms with Gasteiger partial charge in [-0.3, -0.25) is 9.59 Å². The fraction of sp³-hybridized carbons (Fsp3) is 0.500. The Hall–Kier alpha value is -2.08. The lowest BCUT2D eigenvalue weighted by atomic mass is 10.0. The number of benzene rings is 1. The van der Waals surface area contributed by atoms with Crippen molar-refractivity contribution < 1.29 is 14.3 Å². The summed E-state index contributed by atoms with van der Waals surface area (Å²) >= 11 is 0. The highest BCUT2D eigenvalue weighted by Crippen LogP contribution is 2.27. The van der Waals surface area contributed by atoms with Crippen LogP contribution in [0.25, 0.3) is 0 Å². The summed E-state index contributed by atoms with van der Waals surface area (Å²) in [5.41, 5.74) is 5.93. The van der Waals surface area contributed by atoms with E-state index < -0.39 is 5.54 Å². The van der Waals surface area contributed by atoms with E-state index in [2.05, 4.69) is 5.32 Å². The molecule has 1 aliphatic heterocycles. The van der Waals surface area contributed by atoms with E-state index in [0.717, 1.165) is 11.4 Å². The number of methoxy groups -OCH3 is 1. The zero-order chi connectivity index (χ0) is 16.3. The van der Waals surface area contributed by atoms with Crippen molar-refractivity contribution in [1.82, 2.24) is 5.32 Å². The van der Waals surface area contributed by atoms with Gasteiger partial charge in [0.25, 0.3) is 0 Å². The first-order chi connectivity index (χ1) is 10.4. The predicted octanol–water partition coefficient (Wildman–Crippen LogP) is 0.902. The van der Waals surface area contributed by atoms with E-state index in [0.29, 0.717) is 13.1 Å². The van der Waals surface area contributed by atoms with Crippen molar-refractivity contribution in [3.8, 4) is 5.75 Å². The Morgan fingerprint density at radius 1 is 1.41 bits per heavy atom. The Bertz CT molecular complexity index is 554. The molecule has 1 saturated heterocycles. The van der Waals surface area contributed by atoms with Gasteiger partial charge in [0.05, 0.1) is 13.0 Å². The molecule has 1 fully saturated rings. The van der Waals surface area contributed by atoms with Gasteiger partial charge in [-0.2, -0.15) is 0 Å². The summed E-state index contributed by atoms with van der Waals surface area (Å²) in [6.45, 7) is 4.46. The molecule has 1 aromatic rings. The van der Waals surface area contributed by atoms with Crippen LogP contribution in [0.4, 0.5) is 5.69 Å². The summed E-state index contributed by atoms with van der Waals surface area (Å²) in [6, 6.07) is 7.24. The van der Waals surface area contributed by atoms with Gasteiger partial charge in [0.2, 0.25) is 11.8 Å². The second-order valence-electron chi connectivity index (χ2n) is 6.18. The van der Waals surface area contributed by atoms with E-state index >= 15 is 0 Å². The Labute approximate surface area is 130 Å². The van der Waals surface area contributed by atoms with Crippen LogP contribution in [0.15, 0.2) is 24.3 Å². The molecule has 1 unspecified atom stereocenters. The fourth-order valence-corrected chi connectivity index (χ4v) is 2.38. The van der Waals surface area contributed by atoms with Crippen LogP contribution in [0.3, 0.4) is 0 Å². The van der Waals surface area contributed by atoms with Gasteiger partial charge in [-0.05, 0) is 38.1 Å². The van der Waals surface area contributed by atoms with Crippen LogP contribution in [-0.2, 0) is 9.59 Å². The molecule has 6 nitrogen and oxygen atoms in total. The van der Waals surface area contributed by atoms with Crippen LogP contribution < -0.4 is 20.7 Å². The molecule has 1 heterocycles. The Morgan fingerprint density at radius 2 is 2.05 bits per heavy atom. The maximum atomic E-state index is 12.3. The van der Waals surface area contributed by atoms with Gasteiger partial charge < -0.3 is 20.7 Å². The van der Waals surface area contributed by atoms with Crippen LogP contribution in [0.5, 0.6) is 5.75 Å². The lowest BCUT2D eigenvalue weighted by Gasteiger charge is -2.26. The quantitative estimate of drug-likeness (QED) is 0.846. The third-order valence-corrected chi connectivity index (χ3v) is 3.85. The molecule has 1 aromatic carbocycles. The van der Waals surface area contributed by atoms with Gasteiger partial charge in [-0.15, -0.1) is 0 Å². The minimum atomic E-state index is -0.465. The molecular formula is C16H23N3O3. The molecule has 0 saturated carbocycles. The molecule has 1 atom stereocenters. The molecule has 120 valence electrons. The van der Waals surface area contributed by atoms with E-state index in [1.54, 1.807) is 24.1 Å². The number of nitrogens with one attached hydrogen (secondary N) is 1. The van der Waals surface area contributed by atoms with Gasteiger partial charge in [-0.1, -0.05) is 0 Å². The zero-order valence-corrected chi connectivity index (χ0v) is 13.3. The maximum absolute atomic E-state index is 12.3. The van der Waals surface area contributed by atoms with Gasteiger partial charge in [0.15, 0.2) is 0 Å². The zero-order valence-electron chi connectivity index (χ0n) is 13.3. The van der Waals surface area contributed by atoms with Crippen molar-refractivity contribution in [2.24, 2.45) is 11.7 Å². The topological polar surface area (TPSA) is 84.7 Å². The van der Waals surface area contributed by atoms with Gasteiger partial charge >= 0.3 is 0 Å². The van der Waals surface area contributed by atoms with E-state index in [1.807, 2.05) is 26.0 Å². The molecule has 1 aliphatic rings. The number of rotatable bonds is 5. The van der Waals surface area contributed by atoms with Crippen molar-refractivity contribution in [2.75, 3.05) is 25.1 Å². The normalized spacial score (nSPS) is 18.5. The molecule has 0 bridgehead atoms. The highest BCUT2D eigenvalue weighted by Gasteiger charge is 2.36. The van der Waals surface area contributed by atoms with Crippen molar-refractivity contribution in [3.05, 3.63) is 24.3 Å². The first kappa shape index (κ1) is 16.3. The third kappa shape index (κ3) is 3.57. The number of carbonyl (C=O) groups is 2. The minimum absolute atomic E-state index is 0.0455. The second kappa shape index (κ2) is 6.36. The number of nitrogens with zero attached hydrogens (tertiary/aromatic N) is 1. The lowest BCUT2D eigenvalue weighted by molar-refractivity contribution is -0.127. The van der Waals surface area contributed by atoms with Crippen molar-refractivity contribution in [1.29, 1.82) is 0 Å². The highest BCUT2D eigenvalue weighted by molar-refractivity contribution is 6.00. The average molecular weight is 305 g/mol. The predicted molar refractivity (Wildman–Crippen MR) is 84.7 cm³/mol. The average Bonchev–Trinajstić information content (AvgIpc) is 2.89. The van der Waals surface area contributed by atoms with Gasteiger partial charge in [-0.25, -0.2) is 0 Å². The largest absolute Gasteiger partial charge is 0.497 e. The van der Waals surface area contributed by atoms with E-state index in [-0.39, 0.29) is 24.2 Å². The Balaban J connectivity index is 2.05. The molecule has 6 heteroatoms. The molecule has 0 aromatic heterocycles. The molecule has 0 spiro atoms. The Morgan fingerprint density at radius 3 is 2.59 bits per heavy atom. The molecule has 0 aliphatic carbocycles. The van der Waals surface area contributed by atoms with Crippen molar-refractivity contribution in [2.45, 2.75) is 25.8 Å². The third-order valence-electron chi connectivity index (χ3n) is 3.85. The number of ether oxygens (including phenoxy) is 1. The molecular weight excluding hydrogens is 282 g/mol. The maximum Gasteiger partial charge on any atom is 0.227 e. The number of nitrogens with two attached hydrogens (primary N) is 1. The Kier molecular flexibility index (Phi) is 4.71. The second-order valence-corrected chi connectivity index (χ2v) is 6.18.